The van der Waals surface area contributed by atoms with Gasteiger partial charge in [-0.05, 0) is 48.5 Å². The molecule has 2 atom stereocenters. The lowest BCUT2D eigenvalue weighted by Gasteiger charge is -2.24. The maximum absolute atomic E-state index is 12.9. The van der Waals surface area contributed by atoms with Gasteiger partial charge in [0.1, 0.15) is 5.75 Å². The van der Waals surface area contributed by atoms with E-state index in [0.717, 1.165) is 0 Å². The molecule has 1 aromatic heterocycles. The minimum Gasteiger partial charge on any atom is -0.493 e. The molecule has 28 heavy (non-hydrogen) atoms. The van der Waals surface area contributed by atoms with Crippen LogP contribution in [0.3, 0.4) is 0 Å². The van der Waals surface area contributed by atoms with Crippen molar-refractivity contribution in [2.75, 3.05) is 6.61 Å². The summed E-state index contributed by atoms with van der Waals surface area (Å²) in [4.78, 5) is 25.3. The van der Waals surface area contributed by atoms with Crippen molar-refractivity contribution in [3.63, 3.8) is 0 Å². The van der Waals surface area contributed by atoms with Crippen LogP contribution >= 0.6 is 11.6 Å². The standard InChI is InChI=1S/C22H18ClNO4/c23-16-7-4-14(5-8-16)22(27)15-6-9-19-17(13-15)21(18(25)10-12-28-19)24-11-2-1-3-20(24)26/h1-9,11,13,18,21,25H,10,12H2. The number of aliphatic hydroxyl groups excluding tert-OH is 1. The number of ketones is 1. The lowest BCUT2D eigenvalue weighted by Crippen LogP contribution is -2.32. The van der Waals surface area contributed by atoms with Gasteiger partial charge in [0.25, 0.3) is 5.56 Å². The molecule has 0 fully saturated rings. The second kappa shape index (κ2) is 7.62. The lowest BCUT2D eigenvalue weighted by molar-refractivity contribution is 0.103. The molecule has 6 heteroatoms. The Morgan fingerprint density at radius 2 is 1.82 bits per heavy atom. The summed E-state index contributed by atoms with van der Waals surface area (Å²) in [7, 11) is 0. The van der Waals surface area contributed by atoms with Crippen LogP contribution in [0.2, 0.25) is 5.02 Å². The van der Waals surface area contributed by atoms with Crippen LogP contribution in [0.15, 0.2) is 71.7 Å². The van der Waals surface area contributed by atoms with Gasteiger partial charge >= 0.3 is 0 Å². The van der Waals surface area contributed by atoms with Gasteiger partial charge in [-0.3, -0.25) is 9.59 Å². The van der Waals surface area contributed by atoms with E-state index in [-0.39, 0.29) is 11.3 Å². The van der Waals surface area contributed by atoms with Crippen molar-refractivity contribution >= 4 is 17.4 Å². The summed E-state index contributed by atoms with van der Waals surface area (Å²) >= 11 is 5.91. The molecule has 0 amide bonds. The third-order valence-corrected chi connectivity index (χ3v) is 5.14. The summed E-state index contributed by atoms with van der Waals surface area (Å²) in [5.74, 6) is 0.391. The molecule has 1 aliphatic rings. The molecule has 0 saturated heterocycles. The van der Waals surface area contributed by atoms with Crippen molar-refractivity contribution in [1.29, 1.82) is 0 Å². The Hall–Kier alpha value is -2.89. The van der Waals surface area contributed by atoms with E-state index in [2.05, 4.69) is 0 Å². The summed E-state index contributed by atoms with van der Waals surface area (Å²) in [6.07, 6.45) is 1.20. The number of benzene rings is 2. The van der Waals surface area contributed by atoms with Crippen LogP contribution in [0.5, 0.6) is 5.75 Å². The van der Waals surface area contributed by atoms with Gasteiger partial charge in [0.05, 0.1) is 18.8 Å². The molecule has 2 aromatic carbocycles. The van der Waals surface area contributed by atoms with E-state index in [0.29, 0.717) is 40.5 Å². The molecule has 0 spiro atoms. The van der Waals surface area contributed by atoms with Crippen molar-refractivity contribution in [3.8, 4) is 5.75 Å². The number of nitrogens with zero attached hydrogens (tertiary/aromatic N) is 1. The summed E-state index contributed by atoms with van der Waals surface area (Å²) in [6, 6.07) is 16.0. The van der Waals surface area contributed by atoms with E-state index in [4.69, 9.17) is 16.3 Å². The van der Waals surface area contributed by atoms with Gasteiger partial charge in [0.2, 0.25) is 0 Å². The first-order valence-corrected chi connectivity index (χ1v) is 9.34. The Balaban J connectivity index is 1.82. The molecule has 2 unspecified atom stereocenters. The zero-order valence-corrected chi connectivity index (χ0v) is 15.7. The highest BCUT2D eigenvalue weighted by atomic mass is 35.5. The first-order chi connectivity index (χ1) is 13.5. The zero-order valence-electron chi connectivity index (χ0n) is 14.9. The number of aliphatic hydroxyl groups is 1. The molecule has 1 aliphatic heterocycles. The lowest BCUT2D eigenvalue weighted by atomic mass is 9.94. The second-order valence-electron chi connectivity index (χ2n) is 6.68. The van der Waals surface area contributed by atoms with Crippen LogP contribution in [-0.4, -0.2) is 28.2 Å². The molecular formula is C22H18ClNO4. The topological polar surface area (TPSA) is 68.5 Å². The number of aromatic nitrogens is 1. The van der Waals surface area contributed by atoms with Crippen molar-refractivity contribution < 1.29 is 14.6 Å². The van der Waals surface area contributed by atoms with Crippen molar-refractivity contribution in [1.82, 2.24) is 4.57 Å². The highest BCUT2D eigenvalue weighted by molar-refractivity contribution is 6.30. The highest BCUT2D eigenvalue weighted by Gasteiger charge is 2.30. The van der Waals surface area contributed by atoms with Crippen molar-refractivity contribution in [2.45, 2.75) is 18.6 Å². The average Bonchev–Trinajstić information content (AvgIpc) is 2.86. The quantitative estimate of drug-likeness (QED) is 0.689. The second-order valence-corrected chi connectivity index (χ2v) is 7.12. The third-order valence-electron chi connectivity index (χ3n) is 4.88. The fourth-order valence-electron chi connectivity index (χ4n) is 3.48. The molecular weight excluding hydrogens is 378 g/mol. The van der Waals surface area contributed by atoms with Gasteiger partial charge in [-0.25, -0.2) is 0 Å². The largest absolute Gasteiger partial charge is 0.493 e. The molecule has 0 radical (unpaired) electrons. The Labute approximate surface area is 166 Å². The number of pyridine rings is 1. The van der Waals surface area contributed by atoms with Gasteiger partial charge in [0.15, 0.2) is 5.78 Å². The van der Waals surface area contributed by atoms with E-state index in [1.165, 1.54) is 10.6 Å². The zero-order chi connectivity index (χ0) is 19.7. The fourth-order valence-corrected chi connectivity index (χ4v) is 3.61. The molecule has 0 bridgehead atoms. The maximum Gasteiger partial charge on any atom is 0.251 e. The number of carbonyl (C=O) groups excluding carboxylic acids is 1. The SMILES string of the molecule is O=C(c1ccc(Cl)cc1)c1ccc2c(c1)C(n1ccccc1=O)C(O)CCO2. The number of fused-ring (bicyclic) bond motifs is 1. The summed E-state index contributed by atoms with van der Waals surface area (Å²) < 4.78 is 7.24. The molecule has 0 saturated carbocycles. The van der Waals surface area contributed by atoms with Crippen LogP contribution in [0.1, 0.15) is 33.9 Å². The molecule has 1 N–H and O–H groups in total. The van der Waals surface area contributed by atoms with Gasteiger partial charge < -0.3 is 14.4 Å². The maximum atomic E-state index is 12.9. The Morgan fingerprint density at radius 1 is 1.07 bits per heavy atom. The smallest absolute Gasteiger partial charge is 0.251 e. The number of hydrogen-bond donors (Lipinski definition) is 1. The van der Waals surface area contributed by atoms with E-state index in [9.17, 15) is 14.7 Å². The number of halogens is 1. The van der Waals surface area contributed by atoms with E-state index in [1.807, 2.05) is 0 Å². The van der Waals surface area contributed by atoms with Crippen LogP contribution in [-0.2, 0) is 0 Å². The van der Waals surface area contributed by atoms with Crippen molar-refractivity contribution in [2.24, 2.45) is 0 Å². The number of hydrogen-bond acceptors (Lipinski definition) is 4. The van der Waals surface area contributed by atoms with Crippen LogP contribution in [0.25, 0.3) is 0 Å². The number of carbonyl (C=O) groups is 1. The molecule has 2 heterocycles. The average molecular weight is 396 g/mol. The molecule has 0 aliphatic carbocycles. The molecule has 5 nitrogen and oxygen atoms in total. The normalized spacial score (nSPS) is 18.6. The number of ether oxygens (including phenoxy) is 1. The third kappa shape index (κ3) is 3.46. The van der Waals surface area contributed by atoms with Crippen LogP contribution in [0.4, 0.5) is 0 Å². The Kier molecular flexibility index (Phi) is 5.03. The fraction of sp³-hybridized carbons (Fsp3) is 0.182. The van der Waals surface area contributed by atoms with Gasteiger partial charge in [-0.15, -0.1) is 0 Å². The van der Waals surface area contributed by atoms with Crippen LogP contribution < -0.4 is 10.3 Å². The first kappa shape index (κ1) is 18.5. The highest BCUT2D eigenvalue weighted by Crippen LogP contribution is 2.35. The van der Waals surface area contributed by atoms with E-state index < -0.39 is 12.1 Å². The predicted octanol–water partition coefficient (Wildman–Crippen LogP) is 3.47. The van der Waals surface area contributed by atoms with Crippen molar-refractivity contribution in [3.05, 3.63) is 98.9 Å². The monoisotopic (exact) mass is 395 g/mol. The first-order valence-electron chi connectivity index (χ1n) is 8.97. The summed E-state index contributed by atoms with van der Waals surface area (Å²) in [5.41, 5.74) is 1.34. The summed E-state index contributed by atoms with van der Waals surface area (Å²) in [6.45, 7) is 0.330. The molecule has 142 valence electrons. The molecule has 4 rings (SSSR count). The minimum atomic E-state index is -0.817. The van der Waals surface area contributed by atoms with E-state index in [1.54, 1.807) is 60.8 Å². The summed E-state index contributed by atoms with van der Waals surface area (Å²) in [5, 5.41) is 11.3. The Morgan fingerprint density at radius 3 is 2.57 bits per heavy atom. The number of rotatable bonds is 3. The van der Waals surface area contributed by atoms with E-state index >= 15 is 0 Å². The van der Waals surface area contributed by atoms with Crippen LogP contribution in [0, 0.1) is 0 Å². The van der Waals surface area contributed by atoms with Gasteiger partial charge in [0, 0.05) is 40.4 Å². The minimum absolute atomic E-state index is 0.169. The molecule has 3 aromatic rings. The predicted molar refractivity (Wildman–Crippen MR) is 106 cm³/mol. The van der Waals surface area contributed by atoms with Gasteiger partial charge in [-0.1, -0.05) is 17.7 Å². The van der Waals surface area contributed by atoms with Gasteiger partial charge in [-0.2, -0.15) is 0 Å². The Bertz CT molecular complexity index is 1070.